The first-order chi connectivity index (χ1) is 9.07. The zero-order valence-corrected chi connectivity index (χ0v) is 13.3. The van der Waals surface area contributed by atoms with Crippen LogP contribution in [-0.4, -0.2) is 13.1 Å². The van der Waals surface area contributed by atoms with Crippen LogP contribution in [0.3, 0.4) is 0 Å². The quantitative estimate of drug-likeness (QED) is 0.816. The minimum atomic E-state index is 0.374. The van der Waals surface area contributed by atoms with Gasteiger partial charge in [0.05, 0.1) is 10.0 Å². The van der Waals surface area contributed by atoms with Crippen LogP contribution < -0.4 is 5.32 Å². The van der Waals surface area contributed by atoms with Gasteiger partial charge >= 0.3 is 0 Å². The molecule has 1 atom stereocenters. The second kappa shape index (κ2) is 6.47. The van der Waals surface area contributed by atoms with Gasteiger partial charge < -0.3 is 5.32 Å². The molecule has 106 valence electrons. The SMILES string of the molecule is CNC(Cc1cccc(Cl)c1Cl)C1(C)CCCCC1. The summed E-state index contributed by atoms with van der Waals surface area (Å²) >= 11 is 12.4. The molecule has 1 saturated carbocycles. The molecule has 2 rings (SSSR count). The molecule has 1 aromatic rings. The van der Waals surface area contributed by atoms with Crippen LogP contribution in [-0.2, 0) is 6.42 Å². The summed E-state index contributed by atoms with van der Waals surface area (Å²) in [6.45, 7) is 2.41. The van der Waals surface area contributed by atoms with Crippen molar-refractivity contribution in [2.24, 2.45) is 5.41 Å². The minimum Gasteiger partial charge on any atom is -0.316 e. The number of hydrogen-bond donors (Lipinski definition) is 1. The topological polar surface area (TPSA) is 12.0 Å². The molecular weight excluding hydrogens is 277 g/mol. The zero-order chi connectivity index (χ0) is 13.9. The van der Waals surface area contributed by atoms with E-state index in [1.807, 2.05) is 12.1 Å². The van der Waals surface area contributed by atoms with E-state index < -0.39 is 0 Å². The Morgan fingerprint density at radius 3 is 2.53 bits per heavy atom. The van der Waals surface area contributed by atoms with Crippen molar-refractivity contribution in [2.45, 2.75) is 51.5 Å². The molecule has 0 aliphatic heterocycles. The van der Waals surface area contributed by atoms with Crippen LogP contribution >= 0.6 is 23.2 Å². The highest BCUT2D eigenvalue weighted by Crippen LogP contribution is 2.40. The van der Waals surface area contributed by atoms with Crippen LogP contribution in [0.5, 0.6) is 0 Å². The highest BCUT2D eigenvalue weighted by Gasteiger charge is 2.34. The van der Waals surface area contributed by atoms with Gasteiger partial charge in [0, 0.05) is 6.04 Å². The van der Waals surface area contributed by atoms with Crippen molar-refractivity contribution in [1.82, 2.24) is 5.32 Å². The molecule has 3 heteroatoms. The van der Waals surface area contributed by atoms with Crippen LogP contribution in [0.4, 0.5) is 0 Å². The summed E-state index contributed by atoms with van der Waals surface area (Å²) < 4.78 is 0. The van der Waals surface area contributed by atoms with Crippen molar-refractivity contribution in [3.05, 3.63) is 33.8 Å². The molecule has 0 amide bonds. The van der Waals surface area contributed by atoms with Gasteiger partial charge in [0.1, 0.15) is 0 Å². The van der Waals surface area contributed by atoms with E-state index in [9.17, 15) is 0 Å². The predicted octanol–water partition coefficient (Wildman–Crippen LogP) is 5.09. The van der Waals surface area contributed by atoms with E-state index >= 15 is 0 Å². The molecule has 1 aromatic carbocycles. The van der Waals surface area contributed by atoms with Crippen LogP contribution in [0, 0.1) is 5.41 Å². The lowest BCUT2D eigenvalue weighted by atomic mass is 9.69. The lowest BCUT2D eigenvalue weighted by Crippen LogP contribution is -2.44. The second-order valence-corrected chi connectivity index (χ2v) is 6.76. The Morgan fingerprint density at radius 2 is 1.89 bits per heavy atom. The van der Waals surface area contributed by atoms with E-state index in [1.54, 1.807) is 0 Å². The third-order valence-corrected chi connectivity index (χ3v) is 5.50. The van der Waals surface area contributed by atoms with Gasteiger partial charge in [-0.1, -0.05) is 61.5 Å². The summed E-state index contributed by atoms with van der Waals surface area (Å²) in [6, 6.07) is 6.39. The van der Waals surface area contributed by atoms with Crippen LogP contribution in [0.1, 0.15) is 44.6 Å². The van der Waals surface area contributed by atoms with E-state index in [0.717, 1.165) is 12.0 Å². The van der Waals surface area contributed by atoms with E-state index in [-0.39, 0.29) is 0 Å². The Bertz CT molecular complexity index is 425. The van der Waals surface area contributed by atoms with Gasteiger partial charge in [0.2, 0.25) is 0 Å². The van der Waals surface area contributed by atoms with Gasteiger partial charge in [-0.3, -0.25) is 0 Å². The number of benzene rings is 1. The summed E-state index contributed by atoms with van der Waals surface area (Å²) in [6.07, 6.45) is 7.62. The maximum absolute atomic E-state index is 6.32. The molecule has 1 fully saturated rings. The smallest absolute Gasteiger partial charge is 0.0624 e. The minimum absolute atomic E-state index is 0.374. The summed E-state index contributed by atoms with van der Waals surface area (Å²) in [4.78, 5) is 0. The van der Waals surface area contributed by atoms with Crippen molar-refractivity contribution in [3.8, 4) is 0 Å². The highest BCUT2D eigenvalue weighted by atomic mass is 35.5. The van der Waals surface area contributed by atoms with E-state index in [0.29, 0.717) is 21.5 Å². The Kier molecular flexibility index (Phi) is 5.16. The van der Waals surface area contributed by atoms with Gasteiger partial charge in [-0.15, -0.1) is 0 Å². The molecule has 1 aliphatic carbocycles. The molecule has 0 bridgehead atoms. The maximum Gasteiger partial charge on any atom is 0.0624 e. The summed E-state index contributed by atoms with van der Waals surface area (Å²) in [5.41, 5.74) is 1.53. The largest absolute Gasteiger partial charge is 0.316 e. The Balaban J connectivity index is 2.16. The average Bonchev–Trinajstić information content (AvgIpc) is 2.41. The van der Waals surface area contributed by atoms with E-state index in [1.165, 1.54) is 32.1 Å². The molecule has 1 N–H and O–H groups in total. The second-order valence-electron chi connectivity index (χ2n) is 5.97. The molecule has 1 nitrogen and oxygen atoms in total. The molecule has 1 unspecified atom stereocenters. The first-order valence-corrected chi connectivity index (χ1v) is 7.92. The van der Waals surface area contributed by atoms with Crippen molar-refractivity contribution in [3.63, 3.8) is 0 Å². The number of nitrogens with one attached hydrogen (secondary N) is 1. The fourth-order valence-corrected chi connectivity index (χ4v) is 3.73. The fraction of sp³-hybridized carbons (Fsp3) is 0.625. The molecular formula is C16H23Cl2N. The maximum atomic E-state index is 6.32. The average molecular weight is 300 g/mol. The number of rotatable bonds is 4. The van der Waals surface area contributed by atoms with Gasteiger partial charge in [-0.05, 0) is 43.4 Å². The molecule has 19 heavy (non-hydrogen) atoms. The van der Waals surface area contributed by atoms with Gasteiger partial charge in [0.25, 0.3) is 0 Å². The van der Waals surface area contributed by atoms with Crippen molar-refractivity contribution in [1.29, 1.82) is 0 Å². The zero-order valence-electron chi connectivity index (χ0n) is 11.8. The first kappa shape index (κ1) is 15.2. The Morgan fingerprint density at radius 1 is 1.21 bits per heavy atom. The summed E-state index contributed by atoms with van der Waals surface area (Å²) in [7, 11) is 2.06. The number of hydrogen-bond acceptors (Lipinski definition) is 1. The van der Waals surface area contributed by atoms with Crippen molar-refractivity contribution in [2.75, 3.05) is 7.05 Å². The Labute approximate surface area is 126 Å². The monoisotopic (exact) mass is 299 g/mol. The van der Waals surface area contributed by atoms with Crippen LogP contribution in [0.25, 0.3) is 0 Å². The lowest BCUT2D eigenvalue weighted by Gasteiger charge is -2.41. The Hall–Kier alpha value is -0.240. The van der Waals surface area contributed by atoms with Crippen LogP contribution in [0.15, 0.2) is 18.2 Å². The molecule has 0 radical (unpaired) electrons. The number of likely N-dealkylation sites (N-methyl/N-ethyl adjacent to an activating group) is 1. The van der Waals surface area contributed by atoms with Gasteiger partial charge in [0.15, 0.2) is 0 Å². The standard InChI is InChI=1S/C16H23Cl2N/c1-16(9-4-3-5-10-16)14(19-2)11-12-7-6-8-13(17)15(12)18/h6-8,14,19H,3-5,9-11H2,1-2H3. The molecule has 0 spiro atoms. The summed E-state index contributed by atoms with van der Waals surface area (Å²) in [5.74, 6) is 0. The summed E-state index contributed by atoms with van der Waals surface area (Å²) in [5, 5.41) is 4.87. The van der Waals surface area contributed by atoms with Gasteiger partial charge in [-0.2, -0.15) is 0 Å². The molecule has 1 aliphatic rings. The normalized spacial score (nSPS) is 20.2. The molecule has 0 saturated heterocycles. The van der Waals surface area contributed by atoms with Crippen molar-refractivity contribution < 1.29 is 0 Å². The lowest BCUT2D eigenvalue weighted by molar-refractivity contribution is 0.149. The van der Waals surface area contributed by atoms with E-state index in [2.05, 4.69) is 25.4 Å². The highest BCUT2D eigenvalue weighted by molar-refractivity contribution is 6.42. The predicted molar refractivity (Wildman–Crippen MR) is 84.2 cm³/mol. The van der Waals surface area contributed by atoms with Crippen LogP contribution in [0.2, 0.25) is 10.0 Å². The molecule has 0 heterocycles. The fourth-order valence-electron chi connectivity index (χ4n) is 3.33. The van der Waals surface area contributed by atoms with Crippen molar-refractivity contribution >= 4 is 23.2 Å². The number of halogens is 2. The first-order valence-electron chi connectivity index (χ1n) is 7.17. The van der Waals surface area contributed by atoms with Gasteiger partial charge in [-0.25, -0.2) is 0 Å². The third-order valence-electron chi connectivity index (χ3n) is 4.64. The third kappa shape index (κ3) is 3.45. The molecule has 0 aromatic heterocycles. The van der Waals surface area contributed by atoms with E-state index in [4.69, 9.17) is 23.2 Å².